The van der Waals surface area contributed by atoms with E-state index in [0.29, 0.717) is 48.4 Å². The highest BCUT2D eigenvalue weighted by Crippen LogP contribution is 2.34. The van der Waals surface area contributed by atoms with E-state index in [1.807, 2.05) is 4.90 Å². The lowest BCUT2D eigenvalue weighted by Gasteiger charge is -2.31. The molecule has 2 aromatic carbocycles. The molecule has 0 bridgehead atoms. The van der Waals surface area contributed by atoms with Crippen LogP contribution in [0.3, 0.4) is 0 Å². The Hall–Kier alpha value is -3.42. The number of rotatable bonds is 4. The minimum absolute atomic E-state index is 0.00817. The van der Waals surface area contributed by atoms with E-state index in [4.69, 9.17) is 13.9 Å². The summed E-state index contributed by atoms with van der Waals surface area (Å²) in [5, 5.41) is 8.33. The van der Waals surface area contributed by atoms with Crippen molar-refractivity contribution < 1.29 is 23.1 Å². The molecule has 0 N–H and O–H groups in total. The van der Waals surface area contributed by atoms with Crippen molar-refractivity contribution in [3.05, 3.63) is 71.2 Å². The molecule has 154 valence electrons. The van der Waals surface area contributed by atoms with Crippen molar-refractivity contribution in [2.45, 2.75) is 25.2 Å². The number of halogens is 1. The largest absolute Gasteiger partial charge is 0.454 e. The molecule has 1 amide bonds. The lowest BCUT2D eigenvalue weighted by atomic mass is 9.97. The van der Waals surface area contributed by atoms with Crippen LogP contribution in [0.2, 0.25) is 0 Å². The second-order valence-corrected chi connectivity index (χ2v) is 7.50. The van der Waals surface area contributed by atoms with Crippen molar-refractivity contribution in [2.24, 2.45) is 0 Å². The summed E-state index contributed by atoms with van der Waals surface area (Å²) in [4.78, 5) is 14.8. The van der Waals surface area contributed by atoms with E-state index in [2.05, 4.69) is 10.2 Å². The highest BCUT2D eigenvalue weighted by molar-refractivity contribution is 5.95. The molecule has 1 saturated heterocycles. The minimum atomic E-state index is -0.278. The molecule has 0 aliphatic carbocycles. The first-order chi connectivity index (χ1) is 14.7. The number of nitrogens with zero attached hydrogens (tertiary/aromatic N) is 3. The molecule has 2 aliphatic rings. The SMILES string of the molecule is O=C(c1ccc2c(c1)OCO2)N1CCCC(c2nnc(Cc3ccc(F)cc3)o2)C1. The summed E-state index contributed by atoms with van der Waals surface area (Å²) in [7, 11) is 0. The number of likely N-dealkylation sites (tertiary alicyclic amines) is 1. The van der Waals surface area contributed by atoms with Crippen LogP contribution in [0.5, 0.6) is 11.5 Å². The summed E-state index contributed by atoms with van der Waals surface area (Å²) >= 11 is 0. The average Bonchev–Trinajstić information content (AvgIpc) is 3.44. The fraction of sp³-hybridized carbons (Fsp3) is 0.318. The van der Waals surface area contributed by atoms with Crippen LogP contribution < -0.4 is 9.47 Å². The Balaban J connectivity index is 1.27. The maximum absolute atomic E-state index is 13.1. The quantitative estimate of drug-likeness (QED) is 0.656. The number of piperidine rings is 1. The maximum atomic E-state index is 13.1. The van der Waals surface area contributed by atoms with Crippen LogP contribution in [0.25, 0.3) is 0 Å². The molecular weight excluding hydrogens is 389 g/mol. The first-order valence-corrected chi connectivity index (χ1v) is 9.91. The van der Waals surface area contributed by atoms with Crippen molar-refractivity contribution in [3.8, 4) is 11.5 Å². The first-order valence-electron chi connectivity index (χ1n) is 9.91. The Bertz CT molecular complexity index is 1070. The highest BCUT2D eigenvalue weighted by atomic mass is 19.1. The Labute approximate surface area is 172 Å². The van der Waals surface area contributed by atoms with Crippen LogP contribution in [-0.4, -0.2) is 40.9 Å². The Morgan fingerprint density at radius 3 is 2.80 bits per heavy atom. The molecule has 0 spiro atoms. The van der Waals surface area contributed by atoms with Crippen LogP contribution >= 0.6 is 0 Å². The molecular formula is C22H20FN3O4. The van der Waals surface area contributed by atoms with Crippen LogP contribution in [-0.2, 0) is 6.42 Å². The third kappa shape index (κ3) is 3.72. The molecule has 5 rings (SSSR count). The lowest BCUT2D eigenvalue weighted by molar-refractivity contribution is 0.0697. The van der Waals surface area contributed by atoms with Gasteiger partial charge in [0.1, 0.15) is 5.82 Å². The van der Waals surface area contributed by atoms with Gasteiger partial charge in [-0.1, -0.05) is 12.1 Å². The summed E-state index contributed by atoms with van der Waals surface area (Å²) in [6, 6.07) is 11.5. The van der Waals surface area contributed by atoms with E-state index in [9.17, 15) is 9.18 Å². The van der Waals surface area contributed by atoms with E-state index in [1.54, 1.807) is 30.3 Å². The van der Waals surface area contributed by atoms with Gasteiger partial charge in [0.05, 0.1) is 12.3 Å². The molecule has 1 fully saturated rings. The Morgan fingerprint density at radius 2 is 1.93 bits per heavy atom. The number of fused-ring (bicyclic) bond motifs is 1. The van der Waals surface area contributed by atoms with Crippen molar-refractivity contribution in [1.29, 1.82) is 0 Å². The predicted octanol–water partition coefficient (Wildman–Crippen LogP) is 3.55. The lowest BCUT2D eigenvalue weighted by Crippen LogP contribution is -2.39. The first kappa shape index (κ1) is 18.6. The standard InChI is InChI=1S/C22H20FN3O4/c23-17-6-3-14(4-7-17)10-20-24-25-21(30-20)16-2-1-9-26(12-16)22(27)15-5-8-18-19(11-15)29-13-28-18/h3-8,11,16H,1-2,9-10,12-13H2. The van der Waals surface area contributed by atoms with E-state index in [0.717, 1.165) is 18.4 Å². The number of ether oxygens (including phenoxy) is 2. The number of hydrogen-bond acceptors (Lipinski definition) is 6. The smallest absolute Gasteiger partial charge is 0.254 e. The second-order valence-electron chi connectivity index (χ2n) is 7.50. The van der Waals surface area contributed by atoms with Gasteiger partial charge in [0.25, 0.3) is 5.91 Å². The second kappa shape index (κ2) is 7.78. The van der Waals surface area contributed by atoms with E-state index in [1.165, 1.54) is 12.1 Å². The summed E-state index contributed by atoms with van der Waals surface area (Å²) < 4.78 is 29.6. The van der Waals surface area contributed by atoms with Crippen molar-refractivity contribution in [1.82, 2.24) is 15.1 Å². The molecule has 1 unspecified atom stereocenters. The van der Waals surface area contributed by atoms with Crippen LogP contribution in [0.15, 0.2) is 46.9 Å². The zero-order chi connectivity index (χ0) is 20.5. The highest BCUT2D eigenvalue weighted by Gasteiger charge is 2.29. The van der Waals surface area contributed by atoms with Gasteiger partial charge >= 0.3 is 0 Å². The number of carbonyl (C=O) groups excluding carboxylic acids is 1. The Morgan fingerprint density at radius 1 is 1.10 bits per heavy atom. The molecule has 2 aliphatic heterocycles. The molecule has 0 radical (unpaired) electrons. The van der Waals surface area contributed by atoms with Gasteiger partial charge in [0.2, 0.25) is 18.6 Å². The van der Waals surface area contributed by atoms with Crippen molar-refractivity contribution >= 4 is 5.91 Å². The van der Waals surface area contributed by atoms with Gasteiger partial charge < -0.3 is 18.8 Å². The third-order valence-electron chi connectivity index (χ3n) is 5.43. The summed E-state index contributed by atoms with van der Waals surface area (Å²) in [5.74, 6) is 1.93. The molecule has 7 nitrogen and oxygen atoms in total. The summed E-state index contributed by atoms with van der Waals surface area (Å²) in [6.45, 7) is 1.38. The van der Waals surface area contributed by atoms with Gasteiger partial charge in [-0.25, -0.2) is 4.39 Å². The molecule has 1 atom stereocenters. The van der Waals surface area contributed by atoms with Crippen LogP contribution in [0.4, 0.5) is 4.39 Å². The monoisotopic (exact) mass is 409 g/mol. The normalized spacial score (nSPS) is 17.9. The van der Waals surface area contributed by atoms with Gasteiger partial charge in [-0.3, -0.25) is 4.79 Å². The zero-order valence-corrected chi connectivity index (χ0v) is 16.2. The molecule has 1 aromatic heterocycles. The molecule has 30 heavy (non-hydrogen) atoms. The van der Waals surface area contributed by atoms with Gasteiger partial charge in [-0.15, -0.1) is 10.2 Å². The average molecular weight is 409 g/mol. The number of amides is 1. The number of carbonyl (C=O) groups is 1. The number of benzene rings is 2. The van der Waals surface area contributed by atoms with E-state index >= 15 is 0 Å². The molecule has 3 heterocycles. The molecule has 3 aromatic rings. The maximum Gasteiger partial charge on any atom is 0.254 e. The Kier molecular flexibility index (Phi) is 4.82. The van der Waals surface area contributed by atoms with Crippen LogP contribution in [0.1, 0.15) is 46.5 Å². The van der Waals surface area contributed by atoms with Gasteiger partial charge in [-0.2, -0.15) is 0 Å². The molecule has 0 saturated carbocycles. The summed E-state index contributed by atoms with van der Waals surface area (Å²) in [6.07, 6.45) is 2.18. The third-order valence-corrected chi connectivity index (χ3v) is 5.43. The zero-order valence-electron chi connectivity index (χ0n) is 16.2. The van der Waals surface area contributed by atoms with Gasteiger partial charge in [0, 0.05) is 18.7 Å². The van der Waals surface area contributed by atoms with Crippen molar-refractivity contribution in [2.75, 3.05) is 19.9 Å². The molecule has 8 heteroatoms. The fourth-order valence-electron chi connectivity index (χ4n) is 3.86. The predicted molar refractivity (Wildman–Crippen MR) is 104 cm³/mol. The topological polar surface area (TPSA) is 77.7 Å². The van der Waals surface area contributed by atoms with Gasteiger partial charge in [-0.05, 0) is 48.7 Å². The van der Waals surface area contributed by atoms with Crippen LogP contribution in [0, 0.1) is 5.82 Å². The number of aromatic nitrogens is 2. The van der Waals surface area contributed by atoms with Crippen molar-refractivity contribution in [3.63, 3.8) is 0 Å². The van der Waals surface area contributed by atoms with E-state index in [-0.39, 0.29) is 24.4 Å². The van der Waals surface area contributed by atoms with E-state index < -0.39 is 0 Å². The number of hydrogen-bond donors (Lipinski definition) is 0. The van der Waals surface area contributed by atoms with Gasteiger partial charge in [0.15, 0.2) is 11.5 Å². The summed E-state index contributed by atoms with van der Waals surface area (Å²) in [5.41, 5.74) is 1.47. The fourth-order valence-corrected chi connectivity index (χ4v) is 3.86. The minimum Gasteiger partial charge on any atom is -0.454 e.